The van der Waals surface area contributed by atoms with E-state index in [0.717, 1.165) is 0 Å². The molecule has 0 aliphatic carbocycles. The summed E-state index contributed by atoms with van der Waals surface area (Å²) < 4.78 is 6.69. The van der Waals surface area contributed by atoms with E-state index in [1.54, 1.807) is 42.8 Å². The molecule has 0 saturated heterocycles. The number of allylic oxidation sites excluding steroid dienone is 1. The number of fused-ring (bicyclic) bond motifs is 1. The van der Waals surface area contributed by atoms with Gasteiger partial charge in [-0.2, -0.15) is 5.10 Å². The second-order valence-electron chi connectivity index (χ2n) is 4.65. The number of hydrazone groups is 1. The van der Waals surface area contributed by atoms with Crippen molar-refractivity contribution >= 4 is 29.2 Å². The van der Waals surface area contributed by atoms with Gasteiger partial charge in [0, 0.05) is 32.1 Å². The Morgan fingerprint density at radius 1 is 1.59 bits per heavy atom. The van der Waals surface area contributed by atoms with Gasteiger partial charge < -0.3 is 15.5 Å². The van der Waals surface area contributed by atoms with Crippen LogP contribution in [0.3, 0.4) is 0 Å². The smallest absolute Gasteiger partial charge is 0.359 e. The van der Waals surface area contributed by atoms with Gasteiger partial charge in [0.1, 0.15) is 0 Å². The summed E-state index contributed by atoms with van der Waals surface area (Å²) in [6.07, 6.45) is 4.73. The Morgan fingerprint density at radius 3 is 2.95 bits per heavy atom. The summed E-state index contributed by atoms with van der Waals surface area (Å²) >= 11 is 0. The highest BCUT2D eigenvalue weighted by Gasteiger charge is 2.22. The molecule has 0 radical (unpaired) electrons. The summed E-state index contributed by atoms with van der Waals surface area (Å²) in [5, 5.41) is 5.74. The van der Waals surface area contributed by atoms with Crippen LogP contribution in [-0.2, 0) is 4.74 Å². The summed E-state index contributed by atoms with van der Waals surface area (Å²) in [4.78, 5) is 20.3. The summed E-state index contributed by atoms with van der Waals surface area (Å²) in [7, 11) is 3.57. The molecule has 0 atom stereocenters. The fourth-order valence-electron chi connectivity index (χ4n) is 1.89. The maximum Gasteiger partial charge on any atom is 0.359 e. The van der Waals surface area contributed by atoms with Gasteiger partial charge in [-0.25, -0.2) is 14.8 Å². The largest absolute Gasteiger partial charge is 0.461 e. The number of hydrogen-bond donors (Lipinski definition) is 1. The Kier molecular flexibility index (Phi) is 4.40. The Bertz CT molecular complexity index is 747. The third-order valence-corrected chi connectivity index (χ3v) is 2.79. The lowest BCUT2D eigenvalue weighted by Crippen LogP contribution is -2.09. The van der Waals surface area contributed by atoms with Crippen molar-refractivity contribution in [3.8, 4) is 0 Å². The molecule has 0 amide bonds. The highest BCUT2D eigenvalue weighted by atomic mass is 16.5. The molecule has 22 heavy (non-hydrogen) atoms. The molecule has 0 fully saturated rings. The number of nitrogen functional groups attached to an aromatic ring is 1. The first-order valence-electron chi connectivity index (χ1n) is 6.66. The molecule has 116 valence electrons. The van der Waals surface area contributed by atoms with E-state index in [-0.39, 0.29) is 18.1 Å². The van der Waals surface area contributed by atoms with Crippen LogP contribution in [0.5, 0.6) is 0 Å². The van der Waals surface area contributed by atoms with E-state index in [2.05, 4.69) is 21.6 Å². The van der Waals surface area contributed by atoms with E-state index >= 15 is 0 Å². The van der Waals surface area contributed by atoms with Gasteiger partial charge in [-0.3, -0.25) is 4.40 Å². The Morgan fingerprint density at radius 2 is 2.32 bits per heavy atom. The van der Waals surface area contributed by atoms with Gasteiger partial charge in [0.05, 0.1) is 18.5 Å². The molecule has 2 aromatic rings. The van der Waals surface area contributed by atoms with Crippen molar-refractivity contribution < 1.29 is 9.53 Å². The number of esters is 1. The van der Waals surface area contributed by atoms with E-state index in [4.69, 9.17) is 10.5 Å². The number of ether oxygens (including phenoxy) is 1. The molecular formula is C14H18N6O2. The molecule has 0 aromatic carbocycles. The molecule has 0 aliphatic heterocycles. The van der Waals surface area contributed by atoms with Crippen LogP contribution in [0.15, 0.2) is 24.1 Å². The van der Waals surface area contributed by atoms with Crippen molar-refractivity contribution in [2.45, 2.75) is 6.92 Å². The Labute approximate surface area is 127 Å². The normalized spacial score (nSPS) is 11.0. The van der Waals surface area contributed by atoms with Crippen molar-refractivity contribution in [1.29, 1.82) is 0 Å². The number of carbonyl (C=O) groups is 1. The first-order valence-corrected chi connectivity index (χ1v) is 6.66. The van der Waals surface area contributed by atoms with Gasteiger partial charge in [0.25, 0.3) is 0 Å². The fourth-order valence-corrected chi connectivity index (χ4v) is 1.89. The number of nitrogens with two attached hydrogens (primary N) is 1. The third kappa shape index (κ3) is 2.90. The predicted molar refractivity (Wildman–Crippen MR) is 84.6 cm³/mol. The summed E-state index contributed by atoms with van der Waals surface area (Å²) in [6, 6.07) is 0. The van der Waals surface area contributed by atoms with Crippen LogP contribution < -0.4 is 5.73 Å². The number of rotatable bonds is 5. The maximum absolute atomic E-state index is 12.1. The first-order chi connectivity index (χ1) is 10.5. The second-order valence-corrected chi connectivity index (χ2v) is 4.65. The van der Waals surface area contributed by atoms with E-state index in [9.17, 15) is 4.79 Å². The lowest BCUT2D eigenvalue weighted by Gasteiger charge is -2.06. The highest BCUT2D eigenvalue weighted by molar-refractivity contribution is 6.12. The van der Waals surface area contributed by atoms with Gasteiger partial charge in [-0.05, 0) is 6.92 Å². The number of imidazole rings is 1. The first kappa shape index (κ1) is 15.5. The summed E-state index contributed by atoms with van der Waals surface area (Å²) in [6.45, 7) is 5.92. The van der Waals surface area contributed by atoms with Crippen LogP contribution in [0.2, 0.25) is 0 Å². The molecular weight excluding hydrogens is 284 g/mol. The lowest BCUT2D eigenvalue weighted by molar-refractivity contribution is 0.0520. The number of nitrogens with zero attached hydrogens (tertiary/aromatic N) is 5. The second kappa shape index (κ2) is 6.25. The Hall–Kier alpha value is -2.90. The standard InChI is InChI=1S/C14H18N6O2/c1-5-22-14(21)10-11(9(2)8-17-19(3)4)20-7-6-16-12(15)13(20)18-10/h6-8H,2,5H2,1,3-4H3,(H2,15,16). The molecule has 2 rings (SSSR count). The van der Waals surface area contributed by atoms with Gasteiger partial charge in [0.2, 0.25) is 0 Å². The van der Waals surface area contributed by atoms with Crippen molar-refractivity contribution in [1.82, 2.24) is 19.4 Å². The minimum Gasteiger partial charge on any atom is -0.461 e. The number of hydrogen-bond acceptors (Lipinski definition) is 7. The SMILES string of the molecule is C=C(C=NN(C)C)c1c(C(=O)OCC)nc2c(N)nccn12. The average molecular weight is 302 g/mol. The van der Waals surface area contributed by atoms with Crippen LogP contribution in [0.25, 0.3) is 11.2 Å². The molecule has 0 bridgehead atoms. The number of carbonyl (C=O) groups excluding carboxylic acids is 1. The minimum atomic E-state index is -0.542. The average Bonchev–Trinajstić information content (AvgIpc) is 2.86. The molecule has 0 unspecified atom stereocenters. The number of anilines is 1. The zero-order chi connectivity index (χ0) is 16.3. The van der Waals surface area contributed by atoms with Gasteiger partial charge in [-0.15, -0.1) is 0 Å². The molecule has 2 aromatic heterocycles. The van der Waals surface area contributed by atoms with Crippen molar-refractivity contribution in [3.63, 3.8) is 0 Å². The number of aromatic nitrogens is 3. The minimum absolute atomic E-state index is 0.136. The molecule has 0 aliphatic rings. The maximum atomic E-state index is 12.1. The van der Waals surface area contributed by atoms with Crippen molar-refractivity contribution in [3.05, 3.63) is 30.4 Å². The predicted octanol–water partition coefficient (Wildman–Crippen LogP) is 1.05. The molecule has 2 N–H and O–H groups in total. The fraction of sp³-hybridized carbons (Fsp3) is 0.286. The molecule has 0 spiro atoms. The van der Waals surface area contributed by atoms with Crippen molar-refractivity contribution in [2.75, 3.05) is 26.4 Å². The van der Waals surface area contributed by atoms with Gasteiger partial charge >= 0.3 is 5.97 Å². The molecule has 8 nitrogen and oxygen atoms in total. The topological polar surface area (TPSA) is 98.1 Å². The van der Waals surface area contributed by atoms with Crippen LogP contribution in [0.4, 0.5) is 5.82 Å². The van der Waals surface area contributed by atoms with E-state index in [1.807, 2.05) is 0 Å². The zero-order valence-corrected chi connectivity index (χ0v) is 12.8. The van der Waals surface area contributed by atoms with Crippen LogP contribution >= 0.6 is 0 Å². The summed E-state index contributed by atoms with van der Waals surface area (Å²) in [5.41, 5.74) is 7.32. The summed E-state index contributed by atoms with van der Waals surface area (Å²) in [5.74, 6) is -0.323. The van der Waals surface area contributed by atoms with E-state index in [0.29, 0.717) is 16.9 Å². The van der Waals surface area contributed by atoms with Crippen LogP contribution in [-0.4, -0.2) is 52.3 Å². The van der Waals surface area contributed by atoms with Gasteiger partial charge in [-0.1, -0.05) is 6.58 Å². The van der Waals surface area contributed by atoms with Gasteiger partial charge in [0.15, 0.2) is 17.2 Å². The molecule has 2 heterocycles. The Balaban J connectivity index is 2.62. The highest BCUT2D eigenvalue weighted by Crippen LogP contribution is 2.22. The van der Waals surface area contributed by atoms with Crippen LogP contribution in [0, 0.1) is 0 Å². The quantitative estimate of drug-likeness (QED) is 0.503. The zero-order valence-electron chi connectivity index (χ0n) is 12.8. The van der Waals surface area contributed by atoms with Crippen molar-refractivity contribution in [2.24, 2.45) is 5.10 Å². The third-order valence-electron chi connectivity index (χ3n) is 2.79. The van der Waals surface area contributed by atoms with E-state index < -0.39 is 5.97 Å². The lowest BCUT2D eigenvalue weighted by atomic mass is 10.2. The molecule has 0 saturated carbocycles. The monoisotopic (exact) mass is 302 g/mol. The van der Waals surface area contributed by atoms with E-state index in [1.165, 1.54) is 6.20 Å². The molecule has 8 heteroatoms. The van der Waals surface area contributed by atoms with Crippen LogP contribution in [0.1, 0.15) is 23.1 Å².